The minimum absolute atomic E-state index is 0.0660. The molecule has 1 aromatic heterocycles. The van der Waals surface area contributed by atoms with E-state index in [-0.39, 0.29) is 16.3 Å². The van der Waals surface area contributed by atoms with Gasteiger partial charge in [0.25, 0.3) is 0 Å². The van der Waals surface area contributed by atoms with Crippen molar-refractivity contribution in [2.45, 2.75) is 18.0 Å². The van der Waals surface area contributed by atoms with Crippen molar-refractivity contribution < 1.29 is 14.7 Å². The summed E-state index contributed by atoms with van der Waals surface area (Å²) in [5, 5.41) is 20.6. The lowest BCUT2D eigenvalue weighted by Gasteiger charge is -2.12. The Balaban J connectivity index is 2.78. The van der Waals surface area contributed by atoms with Crippen molar-refractivity contribution in [3.63, 3.8) is 0 Å². The van der Waals surface area contributed by atoms with Gasteiger partial charge in [-0.1, -0.05) is 11.6 Å². The van der Waals surface area contributed by atoms with Crippen molar-refractivity contribution >= 4 is 35.2 Å². The summed E-state index contributed by atoms with van der Waals surface area (Å²) in [7, 11) is 0. The lowest BCUT2D eigenvalue weighted by Crippen LogP contribution is -2.41. The van der Waals surface area contributed by atoms with E-state index in [2.05, 4.69) is 10.3 Å². The van der Waals surface area contributed by atoms with Crippen molar-refractivity contribution in [1.29, 1.82) is 5.26 Å². The molecule has 1 atom stereocenters. The van der Waals surface area contributed by atoms with Crippen LogP contribution in [0.25, 0.3) is 0 Å². The summed E-state index contributed by atoms with van der Waals surface area (Å²) in [4.78, 5) is 25.8. The van der Waals surface area contributed by atoms with Gasteiger partial charge in [-0.25, -0.2) is 9.78 Å². The van der Waals surface area contributed by atoms with Crippen molar-refractivity contribution in [1.82, 2.24) is 10.3 Å². The number of rotatable bonds is 5. The monoisotopic (exact) mass is 299 g/mol. The Labute approximate surface area is 118 Å². The second-order valence-corrected chi connectivity index (χ2v) is 4.88. The zero-order valence-corrected chi connectivity index (χ0v) is 11.5. The molecule has 0 spiro atoms. The number of carboxylic acids is 1. The van der Waals surface area contributed by atoms with Gasteiger partial charge in [0.05, 0.1) is 10.6 Å². The first kappa shape index (κ1) is 15.3. The lowest BCUT2D eigenvalue weighted by molar-refractivity contribution is -0.140. The molecule has 8 heteroatoms. The Morgan fingerprint density at radius 1 is 1.68 bits per heavy atom. The molecule has 1 aromatic rings. The number of thioether (sulfide) groups is 1. The Morgan fingerprint density at radius 2 is 2.37 bits per heavy atom. The van der Waals surface area contributed by atoms with Gasteiger partial charge in [0.1, 0.15) is 17.1 Å². The third-order valence-corrected chi connectivity index (χ3v) is 3.62. The van der Waals surface area contributed by atoms with Crippen LogP contribution in [0.4, 0.5) is 0 Å². The molecule has 0 saturated heterocycles. The Bertz CT molecular complexity index is 544. The maximum Gasteiger partial charge on any atom is 0.327 e. The molecule has 0 aliphatic carbocycles. The largest absolute Gasteiger partial charge is 0.480 e. The van der Waals surface area contributed by atoms with E-state index in [4.69, 9.17) is 22.0 Å². The second-order valence-electron chi connectivity index (χ2n) is 3.49. The first-order valence-electron chi connectivity index (χ1n) is 5.13. The molecule has 1 heterocycles. The molecule has 0 aromatic carbocycles. The fourth-order valence-corrected chi connectivity index (χ4v) is 2.43. The number of amides is 1. The molecule has 1 rings (SSSR count). The first-order chi connectivity index (χ1) is 8.95. The van der Waals surface area contributed by atoms with Gasteiger partial charge in [-0.15, -0.1) is 11.8 Å². The van der Waals surface area contributed by atoms with Crippen molar-refractivity contribution in [2.24, 2.45) is 0 Å². The number of carbonyl (C=O) groups is 2. The minimum atomic E-state index is -1.14. The van der Waals surface area contributed by atoms with Gasteiger partial charge < -0.3 is 10.4 Å². The number of halogens is 1. The van der Waals surface area contributed by atoms with E-state index >= 15 is 0 Å². The molecule has 0 radical (unpaired) electrons. The molecule has 19 heavy (non-hydrogen) atoms. The molecule has 0 fully saturated rings. The third kappa shape index (κ3) is 4.43. The Kier molecular flexibility index (Phi) is 5.60. The summed E-state index contributed by atoms with van der Waals surface area (Å²) < 4.78 is 0. The zero-order chi connectivity index (χ0) is 14.4. The number of aliphatic carboxylic acids is 1. The van der Waals surface area contributed by atoms with Crippen LogP contribution in [-0.2, 0) is 9.59 Å². The molecule has 6 nitrogen and oxygen atoms in total. The van der Waals surface area contributed by atoms with Crippen molar-refractivity contribution in [3.05, 3.63) is 22.8 Å². The summed E-state index contributed by atoms with van der Waals surface area (Å²) in [6.07, 6.45) is 1.42. The molecule has 0 bridgehead atoms. The quantitative estimate of drug-likeness (QED) is 0.794. The van der Waals surface area contributed by atoms with Gasteiger partial charge in [-0.2, -0.15) is 5.26 Å². The van der Waals surface area contributed by atoms with Crippen molar-refractivity contribution in [2.75, 3.05) is 5.75 Å². The van der Waals surface area contributed by atoms with Gasteiger partial charge >= 0.3 is 5.97 Å². The molecule has 100 valence electrons. The van der Waals surface area contributed by atoms with Gasteiger partial charge in [0.2, 0.25) is 5.91 Å². The van der Waals surface area contributed by atoms with Gasteiger partial charge in [0, 0.05) is 18.9 Å². The number of carbonyl (C=O) groups excluding carboxylic acids is 1. The summed E-state index contributed by atoms with van der Waals surface area (Å²) in [6, 6.07) is 2.34. The molecule has 0 aliphatic rings. The number of nitriles is 1. The Morgan fingerprint density at radius 3 is 2.89 bits per heavy atom. The number of nitrogens with zero attached hydrogens (tertiary/aromatic N) is 2. The topological polar surface area (TPSA) is 103 Å². The predicted molar refractivity (Wildman–Crippen MR) is 69.9 cm³/mol. The van der Waals surface area contributed by atoms with E-state index in [9.17, 15) is 9.59 Å². The molecular formula is C11H10ClN3O3S. The Hall–Kier alpha value is -1.78. The van der Waals surface area contributed by atoms with Gasteiger partial charge in [-0.3, -0.25) is 4.79 Å². The molecule has 0 unspecified atom stereocenters. The summed E-state index contributed by atoms with van der Waals surface area (Å²) >= 11 is 7.00. The highest BCUT2D eigenvalue weighted by Gasteiger charge is 2.20. The SMILES string of the molecule is CC(=O)N[C@@H](CSc1nccc(C#N)c1Cl)C(=O)O. The van der Waals surface area contributed by atoms with E-state index in [1.54, 1.807) is 0 Å². The van der Waals surface area contributed by atoms with Crippen LogP contribution in [-0.4, -0.2) is 33.8 Å². The number of hydrogen-bond acceptors (Lipinski definition) is 5. The highest BCUT2D eigenvalue weighted by Crippen LogP contribution is 2.27. The molecule has 0 aliphatic heterocycles. The average Bonchev–Trinajstić information content (AvgIpc) is 2.35. The standard InChI is InChI=1S/C11H10ClN3O3S/c1-6(16)15-8(11(17)18)5-19-10-9(12)7(4-13)2-3-14-10/h2-3,8H,5H2,1H3,(H,15,16)(H,17,18)/t8-/m0/s1. The summed E-state index contributed by atoms with van der Waals surface area (Å²) in [5.41, 5.74) is 0.269. The van der Waals surface area contributed by atoms with E-state index in [1.807, 2.05) is 6.07 Å². The van der Waals surface area contributed by atoms with E-state index in [0.717, 1.165) is 11.8 Å². The molecule has 2 N–H and O–H groups in total. The van der Waals surface area contributed by atoms with E-state index < -0.39 is 17.9 Å². The maximum absolute atomic E-state index is 10.9. The van der Waals surface area contributed by atoms with Crippen LogP contribution in [0, 0.1) is 11.3 Å². The number of hydrogen-bond donors (Lipinski definition) is 2. The lowest BCUT2D eigenvalue weighted by atomic mass is 10.3. The van der Waals surface area contributed by atoms with Gasteiger partial charge in [-0.05, 0) is 6.07 Å². The maximum atomic E-state index is 10.9. The van der Waals surface area contributed by atoms with Gasteiger partial charge in [0.15, 0.2) is 0 Å². The summed E-state index contributed by atoms with van der Waals surface area (Å²) in [6.45, 7) is 1.24. The normalized spacial score (nSPS) is 11.4. The third-order valence-electron chi connectivity index (χ3n) is 2.04. The smallest absolute Gasteiger partial charge is 0.327 e. The highest BCUT2D eigenvalue weighted by molar-refractivity contribution is 7.99. The molecule has 0 saturated carbocycles. The van der Waals surface area contributed by atoms with Crippen molar-refractivity contribution in [3.8, 4) is 6.07 Å². The number of carboxylic acid groups (broad SMARTS) is 1. The molecular weight excluding hydrogens is 290 g/mol. The van der Waals surface area contributed by atoms with Crippen LogP contribution >= 0.6 is 23.4 Å². The van der Waals surface area contributed by atoms with Crippen LogP contribution in [0.15, 0.2) is 17.3 Å². The van der Waals surface area contributed by atoms with E-state index in [0.29, 0.717) is 5.03 Å². The first-order valence-corrected chi connectivity index (χ1v) is 6.49. The number of nitrogens with one attached hydrogen (secondary N) is 1. The minimum Gasteiger partial charge on any atom is -0.480 e. The fourth-order valence-electron chi connectivity index (χ4n) is 1.19. The second kappa shape index (κ2) is 6.97. The van der Waals surface area contributed by atoms with Crippen LogP contribution in [0.5, 0.6) is 0 Å². The van der Waals surface area contributed by atoms with Crippen LogP contribution in [0.3, 0.4) is 0 Å². The number of pyridine rings is 1. The zero-order valence-electron chi connectivity index (χ0n) is 9.88. The predicted octanol–water partition coefficient (Wildman–Crippen LogP) is 1.29. The average molecular weight is 300 g/mol. The van der Waals surface area contributed by atoms with Crippen LogP contribution < -0.4 is 5.32 Å². The van der Waals surface area contributed by atoms with E-state index in [1.165, 1.54) is 19.2 Å². The summed E-state index contributed by atoms with van der Waals surface area (Å²) in [5.74, 6) is -1.51. The van der Waals surface area contributed by atoms with Crippen LogP contribution in [0.2, 0.25) is 5.02 Å². The van der Waals surface area contributed by atoms with Crippen LogP contribution in [0.1, 0.15) is 12.5 Å². The molecule has 1 amide bonds. The fraction of sp³-hybridized carbons (Fsp3) is 0.273. The number of aromatic nitrogens is 1. The highest BCUT2D eigenvalue weighted by atomic mass is 35.5.